The van der Waals surface area contributed by atoms with Gasteiger partial charge >= 0.3 is 0 Å². The van der Waals surface area contributed by atoms with E-state index >= 15 is 0 Å². The molecule has 1 aromatic rings. The minimum absolute atomic E-state index is 0.182. The summed E-state index contributed by atoms with van der Waals surface area (Å²) in [5, 5.41) is 3.43. The molecule has 1 saturated heterocycles. The highest BCUT2D eigenvalue weighted by molar-refractivity contribution is 9.10. The van der Waals surface area contributed by atoms with Crippen LogP contribution in [-0.2, 0) is 6.54 Å². The van der Waals surface area contributed by atoms with Crippen LogP contribution in [0.4, 0.5) is 4.39 Å². The number of rotatable bonds is 4. The van der Waals surface area contributed by atoms with E-state index in [0.29, 0.717) is 4.47 Å². The van der Waals surface area contributed by atoms with Crippen molar-refractivity contribution in [3.8, 4) is 0 Å². The molecule has 2 rings (SSSR count). The normalized spacial score (nSPS) is 17.3. The highest BCUT2D eigenvalue weighted by Gasteiger charge is 2.13. The lowest BCUT2D eigenvalue weighted by Gasteiger charge is -2.21. The summed E-state index contributed by atoms with van der Waals surface area (Å²) in [5.41, 5.74) is 0.996. The molecule has 1 fully saturated rings. The van der Waals surface area contributed by atoms with Crippen LogP contribution in [0.1, 0.15) is 18.4 Å². The monoisotopic (exact) mass is 317 g/mol. The third-order valence-corrected chi connectivity index (χ3v) is 5.06. The largest absolute Gasteiger partial charge is 0.312 e. The van der Waals surface area contributed by atoms with Crippen LogP contribution in [0.3, 0.4) is 0 Å². The predicted molar refractivity (Wildman–Crippen MR) is 75.9 cm³/mol. The van der Waals surface area contributed by atoms with Gasteiger partial charge in [0, 0.05) is 6.54 Å². The van der Waals surface area contributed by atoms with Gasteiger partial charge < -0.3 is 5.32 Å². The molecule has 0 atom stereocenters. The first-order chi connectivity index (χ1) is 8.27. The van der Waals surface area contributed by atoms with Crippen molar-refractivity contribution in [2.24, 2.45) is 5.92 Å². The highest BCUT2D eigenvalue weighted by Crippen LogP contribution is 2.23. The lowest BCUT2D eigenvalue weighted by Crippen LogP contribution is -2.25. The van der Waals surface area contributed by atoms with Crippen molar-refractivity contribution in [3.63, 3.8) is 0 Å². The second kappa shape index (κ2) is 6.76. The van der Waals surface area contributed by atoms with Crippen LogP contribution >= 0.6 is 27.7 Å². The maximum atomic E-state index is 13.3. The lowest BCUT2D eigenvalue weighted by molar-refractivity contribution is 0.447. The molecule has 0 aromatic heterocycles. The number of hydrogen-bond acceptors (Lipinski definition) is 2. The fourth-order valence-electron chi connectivity index (χ4n) is 2.05. The van der Waals surface area contributed by atoms with Crippen LogP contribution in [0, 0.1) is 11.7 Å². The van der Waals surface area contributed by atoms with E-state index in [1.807, 2.05) is 17.8 Å². The third kappa shape index (κ3) is 3.97. The summed E-state index contributed by atoms with van der Waals surface area (Å²) in [4.78, 5) is 0. The van der Waals surface area contributed by atoms with Gasteiger partial charge in [0.2, 0.25) is 0 Å². The van der Waals surface area contributed by atoms with E-state index in [4.69, 9.17) is 0 Å². The Kier molecular flexibility index (Phi) is 5.32. The molecule has 0 unspecified atom stereocenters. The van der Waals surface area contributed by atoms with Gasteiger partial charge in [0.1, 0.15) is 5.82 Å². The number of thioether (sulfide) groups is 1. The van der Waals surface area contributed by atoms with Gasteiger partial charge in [0.05, 0.1) is 4.47 Å². The molecule has 1 aromatic carbocycles. The molecule has 0 aliphatic carbocycles. The fourth-order valence-corrected chi connectivity index (χ4v) is 3.66. The van der Waals surface area contributed by atoms with Gasteiger partial charge in [-0.25, -0.2) is 4.39 Å². The van der Waals surface area contributed by atoms with Crippen LogP contribution in [0.25, 0.3) is 0 Å². The Morgan fingerprint density at radius 2 is 2.12 bits per heavy atom. The molecule has 0 saturated carbocycles. The Hall–Kier alpha value is -0.0600. The van der Waals surface area contributed by atoms with Crippen LogP contribution in [0.5, 0.6) is 0 Å². The van der Waals surface area contributed by atoms with E-state index < -0.39 is 0 Å². The van der Waals surface area contributed by atoms with E-state index in [0.717, 1.165) is 24.6 Å². The maximum Gasteiger partial charge on any atom is 0.137 e. The van der Waals surface area contributed by atoms with Gasteiger partial charge in [-0.1, -0.05) is 12.1 Å². The Balaban J connectivity index is 1.79. The maximum absolute atomic E-state index is 13.3. The Labute approximate surface area is 115 Å². The molecule has 1 aliphatic rings. The first kappa shape index (κ1) is 13.4. The molecule has 1 nitrogen and oxygen atoms in total. The van der Waals surface area contributed by atoms with Crippen molar-refractivity contribution in [3.05, 3.63) is 34.1 Å². The Bertz CT molecular complexity index is 366. The predicted octanol–water partition coefficient (Wildman–Crippen LogP) is 3.82. The SMILES string of the molecule is Fc1cccc(CNCC2CCSCC2)c1Br. The summed E-state index contributed by atoms with van der Waals surface area (Å²) >= 11 is 5.34. The summed E-state index contributed by atoms with van der Waals surface area (Å²) in [6.45, 7) is 1.78. The van der Waals surface area contributed by atoms with Crippen LogP contribution in [-0.4, -0.2) is 18.1 Å². The molecule has 0 bridgehead atoms. The van der Waals surface area contributed by atoms with E-state index in [9.17, 15) is 4.39 Å². The zero-order chi connectivity index (χ0) is 12.1. The van der Waals surface area contributed by atoms with Crippen molar-refractivity contribution in [2.45, 2.75) is 19.4 Å². The number of nitrogens with one attached hydrogen (secondary N) is 1. The van der Waals surface area contributed by atoms with Gasteiger partial charge in [-0.3, -0.25) is 0 Å². The van der Waals surface area contributed by atoms with Crippen LogP contribution < -0.4 is 5.32 Å². The second-order valence-corrected chi connectivity index (χ2v) is 6.42. The average Bonchev–Trinajstić information content (AvgIpc) is 2.36. The zero-order valence-electron chi connectivity index (χ0n) is 9.72. The molecular formula is C13H17BrFNS. The summed E-state index contributed by atoms with van der Waals surface area (Å²) < 4.78 is 13.9. The van der Waals surface area contributed by atoms with E-state index in [2.05, 4.69) is 21.2 Å². The van der Waals surface area contributed by atoms with Gasteiger partial charge in [-0.15, -0.1) is 0 Å². The Morgan fingerprint density at radius 3 is 2.88 bits per heavy atom. The van der Waals surface area contributed by atoms with E-state index in [-0.39, 0.29) is 5.82 Å². The van der Waals surface area contributed by atoms with Crippen molar-refractivity contribution in [2.75, 3.05) is 18.1 Å². The van der Waals surface area contributed by atoms with Crippen molar-refractivity contribution in [1.82, 2.24) is 5.32 Å². The number of hydrogen-bond donors (Lipinski definition) is 1. The van der Waals surface area contributed by atoms with Crippen LogP contribution in [0.15, 0.2) is 22.7 Å². The Morgan fingerprint density at radius 1 is 1.35 bits per heavy atom. The quantitative estimate of drug-likeness (QED) is 0.906. The molecule has 1 aliphatic heterocycles. The minimum atomic E-state index is -0.182. The summed E-state index contributed by atoms with van der Waals surface area (Å²) in [6, 6.07) is 5.19. The molecule has 94 valence electrons. The van der Waals surface area contributed by atoms with Crippen molar-refractivity contribution >= 4 is 27.7 Å². The minimum Gasteiger partial charge on any atom is -0.312 e. The summed E-state index contributed by atoms with van der Waals surface area (Å²) in [5.74, 6) is 3.19. The topological polar surface area (TPSA) is 12.0 Å². The highest BCUT2D eigenvalue weighted by atomic mass is 79.9. The molecule has 0 radical (unpaired) electrons. The second-order valence-electron chi connectivity index (χ2n) is 4.40. The summed E-state index contributed by atoms with van der Waals surface area (Å²) in [7, 11) is 0. The smallest absolute Gasteiger partial charge is 0.137 e. The van der Waals surface area contributed by atoms with Crippen molar-refractivity contribution < 1.29 is 4.39 Å². The first-order valence-electron chi connectivity index (χ1n) is 5.98. The lowest BCUT2D eigenvalue weighted by atomic mass is 10.0. The fraction of sp³-hybridized carbons (Fsp3) is 0.538. The molecule has 1 heterocycles. The molecule has 0 amide bonds. The van der Waals surface area contributed by atoms with Gasteiger partial charge in [-0.05, 0) is 64.4 Å². The van der Waals surface area contributed by atoms with Crippen LogP contribution in [0.2, 0.25) is 0 Å². The van der Waals surface area contributed by atoms with E-state index in [1.54, 1.807) is 6.07 Å². The first-order valence-corrected chi connectivity index (χ1v) is 7.93. The van der Waals surface area contributed by atoms with Crippen molar-refractivity contribution in [1.29, 1.82) is 0 Å². The molecule has 1 N–H and O–H groups in total. The standard InChI is InChI=1S/C13H17BrFNS/c14-13-11(2-1-3-12(13)15)9-16-8-10-4-6-17-7-5-10/h1-3,10,16H,4-9H2. The van der Waals surface area contributed by atoms with Gasteiger partial charge in [-0.2, -0.15) is 11.8 Å². The average molecular weight is 318 g/mol. The molecule has 4 heteroatoms. The molecular weight excluding hydrogens is 301 g/mol. The van der Waals surface area contributed by atoms with E-state index in [1.165, 1.54) is 30.4 Å². The number of halogens is 2. The molecule has 0 spiro atoms. The zero-order valence-corrected chi connectivity index (χ0v) is 12.1. The summed E-state index contributed by atoms with van der Waals surface area (Å²) in [6.07, 6.45) is 2.62. The number of benzene rings is 1. The third-order valence-electron chi connectivity index (χ3n) is 3.12. The van der Waals surface area contributed by atoms with Gasteiger partial charge in [0.25, 0.3) is 0 Å². The molecule has 17 heavy (non-hydrogen) atoms. The van der Waals surface area contributed by atoms with Gasteiger partial charge in [0.15, 0.2) is 0 Å².